The number of carbonyl (C=O) groups is 13. The quantitative estimate of drug-likeness (QED) is 0.0193. The van der Waals surface area contributed by atoms with Crippen molar-refractivity contribution in [1.29, 1.82) is 0 Å². The standard InChI is InChI=1S/C83H110ClN17O14/c1-50(2)43-66(77(109)96-65(25-12-13-38-88-51(3)4)83(115)101-42-18-26-71(101)82(114)92-52(5)72(86)104)97-76(108)64(24-11-16-41-91-74(106)62-22-9-14-39-89-62)94-75(107)63(23-10-15-40-90-73(105)58-31-35-61(85)36-32-58)95-81(113)70(49-102)100-80(112)69(47-56-19-17-37-87-48-56)99-79(111)68(45-54-28-33-60(84)34-29-54)98-78(110)67(93-53(6)103)46-55-27-30-57-20-7-8-21-59(57)44-55/h7-9,14,17,19-22,27-37,39,44,48,50-52,63-71,88,102H,10-13,15-16,18,23-26,38,40-43,45-47,49,85H2,1-6H3,(H2,86,104)(H,90,105)(H,91,106)(H,92,114)(H,93,103)(H,94,107)(H,95,113)(H,96,109)(H,97,108)(H,98,110)(H,99,111)(H,100,112)/t52-,63+,64-,65+,66+,67-,68-,69-,70+,71+/m1/s1. The van der Waals surface area contributed by atoms with Gasteiger partial charge in [-0.2, -0.15) is 0 Å². The van der Waals surface area contributed by atoms with Gasteiger partial charge in [0.2, 0.25) is 65.0 Å². The number of benzene rings is 4. The number of hydrogen-bond acceptors (Lipinski definition) is 18. The van der Waals surface area contributed by atoms with E-state index in [-0.39, 0.29) is 114 Å². The van der Waals surface area contributed by atoms with Gasteiger partial charge in [-0.25, -0.2) is 0 Å². The second-order valence-electron chi connectivity index (χ2n) is 29.5. The van der Waals surface area contributed by atoms with Crippen molar-refractivity contribution < 1.29 is 67.4 Å². The summed E-state index contributed by atoms with van der Waals surface area (Å²) < 4.78 is 0. The number of nitrogens with two attached hydrogens (primary N) is 2. The van der Waals surface area contributed by atoms with Crippen molar-refractivity contribution >= 4 is 105 Å². The highest BCUT2D eigenvalue weighted by Crippen LogP contribution is 2.23. The molecule has 7 rings (SSSR count). The summed E-state index contributed by atoms with van der Waals surface area (Å²) in [5.74, 6) is -9.82. The first kappa shape index (κ1) is 90.7. The Balaban J connectivity index is 1.16. The van der Waals surface area contributed by atoms with Crippen molar-refractivity contribution in [3.8, 4) is 0 Å². The summed E-state index contributed by atoms with van der Waals surface area (Å²) in [7, 11) is 0. The monoisotopic (exact) mass is 1600 g/mol. The normalized spacial score (nSPS) is 14.9. The van der Waals surface area contributed by atoms with Crippen molar-refractivity contribution in [2.24, 2.45) is 11.7 Å². The number of nitrogen functional groups attached to an aromatic ring is 1. The number of aliphatic hydroxyl groups excluding tert-OH is 1. The Morgan fingerprint density at radius 1 is 0.513 bits per heavy atom. The van der Waals surface area contributed by atoms with Crippen LogP contribution < -0.4 is 75.3 Å². The van der Waals surface area contributed by atoms with E-state index < -0.39 is 144 Å². The molecule has 4 aromatic carbocycles. The van der Waals surface area contributed by atoms with Crippen LogP contribution in [0.4, 0.5) is 5.69 Å². The van der Waals surface area contributed by atoms with Crippen molar-refractivity contribution in [2.75, 3.05) is 38.5 Å². The van der Waals surface area contributed by atoms with Gasteiger partial charge in [0.1, 0.15) is 66.1 Å². The number of rotatable bonds is 46. The van der Waals surface area contributed by atoms with Crippen LogP contribution in [0.25, 0.3) is 10.8 Å². The van der Waals surface area contributed by atoms with Crippen LogP contribution in [0.5, 0.6) is 0 Å². The number of carbonyl (C=O) groups excluding carboxylic acids is 13. The molecule has 32 heteroatoms. The minimum absolute atomic E-state index is 0.0260. The largest absolute Gasteiger partial charge is 0.399 e. The Morgan fingerprint density at radius 3 is 1.60 bits per heavy atom. The molecule has 31 nitrogen and oxygen atoms in total. The molecule has 3 heterocycles. The molecule has 6 aromatic rings. The van der Waals surface area contributed by atoms with Gasteiger partial charge in [-0.15, -0.1) is 0 Å². The molecule has 0 spiro atoms. The number of halogens is 1. The molecule has 0 bridgehead atoms. The third kappa shape index (κ3) is 30.4. The van der Waals surface area contributed by atoms with Gasteiger partial charge in [0, 0.05) is 86.7 Å². The summed E-state index contributed by atoms with van der Waals surface area (Å²) in [5.41, 5.74) is 13.9. The van der Waals surface area contributed by atoms with E-state index in [1.54, 1.807) is 72.8 Å². The fraction of sp³-hybridized carbons (Fsp3) is 0.458. The highest BCUT2D eigenvalue weighted by Gasteiger charge is 2.40. The molecule has 1 aliphatic rings. The number of nitrogens with zero attached hydrogens (tertiary/aromatic N) is 3. The third-order valence-corrected chi connectivity index (χ3v) is 19.6. The molecule has 1 aliphatic heterocycles. The first-order chi connectivity index (χ1) is 55.0. The van der Waals surface area contributed by atoms with Crippen molar-refractivity contribution in [1.82, 2.24) is 78.7 Å². The number of pyridine rings is 2. The van der Waals surface area contributed by atoms with Gasteiger partial charge in [-0.3, -0.25) is 72.3 Å². The predicted molar refractivity (Wildman–Crippen MR) is 434 cm³/mol. The van der Waals surface area contributed by atoms with Crippen LogP contribution in [0.15, 0.2) is 140 Å². The Hall–Kier alpha value is -11.4. The molecule has 115 heavy (non-hydrogen) atoms. The zero-order chi connectivity index (χ0) is 83.5. The Labute approximate surface area is 675 Å². The first-order valence-electron chi connectivity index (χ1n) is 39.1. The lowest BCUT2D eigenvalue weighted by Gasteiger charge is -2.31. The van der Waals surface area contributed by atoms with E-state index in [1.165, 1.54) is 43.4 Å². The Kier molecular flexibility index (Phi) is 36.8. The molecule has 13 amide bonds. The van der Waals surface area contributed by atoms with E-state index >= 15 is 9.59 Å². The molecule has 0 unspecified atom stereocenters. The van der Waals surface area contributed by atoms with Crippen molar-refractivity contribution in [2.45, 2.75) is 204 Å². The lowest BCUT2D eigenvalue weighted by atomic mass is 9.99. The molecular weight excluding hydrogens is 1490 g/mol. The number of hydrogen-bond donors (Lipinski definition) is 15. The number of aliphatic hydroxyl groups is 1. The molecule has 17 N–H and O–H groups in total. The summed E-state index contributed by atoms with van der Waals surface area (Å²) in [5, 5.41) is 46.8. The van der Waals surface area contributed by atoms with Gasteiger partial charge in [0.15, 0.2) is 0 Å². The number of primary amides is 1. The molecule has 1 saturated heterocycles. The number of amides is 13. The number of aromatic nitrogens is 2. The SMILES string of the molecule is CC(=O)N[C@H](Cc1ccc2ccccc2c1)C(=O)N[C@H](Cc1ccc(Cl)cc1)C(=O)N[C@H](Cc1cccnc1)C(=O)N[C@@H](CO)C(=O)N[C@@H](CCCCNC(=O)c1ccc(N)cc1)C(=O)N[C@H](CCCCNC(=O)c1ccccn1)C(=O)N[C@@H](CC(C)C)C(=O)N[C@@H](CCCCNC(C)C)C(=O)N1CCC[C@H]1C(=O)N[C@H](C)C(N)=O. The average Bonchev–Trinajstić information content (AvgIpc) is 1.80. The zero-order valence-corrected chi connectivity index (χ0v) is 66.7. The smallest absolute Gasteiger partial charge is 0.269 e. The average molecular weight is 1610 g/mol. The summed E-state index contributed by atoms with van der Waals surface area (Å²) >= 11 is 6.27. The molecular formula is C83H110ClN17O14. The predicted octanol–water partition coefficient (Wildman–Crippen LogP) is 3.18. The molecule has 0 radical (unpaired) electrons. The molecule has 618 valence electrons. The molecule has 0 aliphatic carbocycles. The molecule has 0 saturated carbocycles. The fourth-order valence-corrected chi connectivity index (χ4v) is 13.2. The van der Waals surface area contributed by atoms with Gasteiger partial charge >= 0.3 is 0 Å². The van der Waals surface area contributed by atoms with Crippen LogP contribution in [-0.4, -0.2) is 196 Å². The van der Waals surface area contributed by atoms with Crippen LogP contribution in [-0.2, 0) is 72.0 Å². The maximum atomic E-state index is 15.2. The number of anilines is 1. The van der Waals surface area contributed by atoms with Gasteiger partial charge in [-0.1, -0.05) is 106 Å². The van der Waals surface area contributed by atoms with Crippen LogP contribution >= 0.6 is 11.6 Å². The van der Waals surface area contributed by atoms with Crippen LogP contribution in [0.1, 0.15) is 156 Å². The third-order valence-electron chi connectivity index (χ3n) is 19.3. The lowest BCUT2D eigenvalue weighted by molar-refractivity contribution is -0.142. The minimum atomic E-state index is -1.84. The van der Waals surface area contributed by atoms with E-state index in [2.05, 4.69) is 73.8 Å². The van der Waals surface area contributed by atoms with Gasteiger partial charge in [-0.05, 0) is 178 Å². The van der Waals surface area contributed by atoms with Crippen molar-refractivity contribution in [3.05, 3.63) is 173 Å². The van der Waals surface area contributed by atoms with Gasteiger partial charge < -0.3 is 85.3 Å². The molecule has 2 aromatic heterocycles. The molecule has 1 fully saturated rings. The highest BCUT2D eigenvalue weighted by atomic mass is 35.5. The van der Waals surface area contributed by atoms with E-state index in [0.717, 1.165) is 10.8 Å². The summed E-state index contributed by atoms with van der Waals surface area (Å²) in [6, 6.07) is 20.6. The highest BCUT2D eigenvalue weighted by molar-refractivity contribution is 6.30. The second-order valence-corrected chi connectivity index (χ2v) is 30.0. The maximum Gasteiger partial charge on any atom is 0.269 e. The second kappa shape index (κ2) is 46.7. The van der Waals surface area contributed by atoms with Crippen LogP contribution in [0.3, 0.4) is 0 Å². The van der Waals surface area contributed by atoms with Crippen LogP contribution in [0, 0.1) is 5.92 Å². The lowest BCUT2D eigenvalue weighted by Crippen LogP contribution is -2.61. The topological polar surface area (TPSA) is 468 Å². The minimum Gasteiger partial charge on any atom is -0.399 e. The number of nitrogens with one attached hydrogen (secondary N) is 12. The number of likely N-dealkylation sites (tertiary alicyclic amines) is 1. The zero-order valence-electron chi connectivity index (χ0n) is 66.0. The summed E-state index contributed by atoms with van der Waals surface area (Å²) in [4.78, 5) is 193. The van der Waals surface area contributed by atoms with Gasteiger partial charge in [0.25, 0.3) is 11.8 Å². The van der Waals surface area contributed by atoms with Crippen LogP contribution in [0.2, 0.25) is 5.02 Å². The summed E-state index contributed by atoms with van der Waals surface area (Å²) in [6.07, 6.45) is 6.48. The maximum absolute atomic E-state index is 15.2. The number of unbranched alkanes of at least 4 members (excludes halogenated alkanes) is 3. The molecule has 10 atom stereocenters. The van der Waals surface area contributed by atoms with E-state index in [1.807, 2.05) is 70.2 Å². The summed E-state index contributed by atoms with van der Waals surface area (Å²) in [6.45, 7) is 10.2. The number of fused-ring (bicyclic) bond motifs is 1. The fourth-order valence-electron chi connectivity index (χ4n) is 13.1. The first-order valence-corrected chi connectivity index (χ1v) is 39.5. The van der Waals surface area contributed by atoms with Crippen molar-refractivity contribution in [3.63, 3.8) is 0 Å². The Bertz CT molecular complexity index is 4260. The Morgan fingerprint density at radius 2 is 1.03 bits per heavy atom. The van der Waals surface area contributed by atoms with E-state index in [4.69, 9.17) is 23.1 Å². The van der Waals surface area contributed by atoms with Gasteiger partial charge in [0.05, 0.1) is 6.61 Å². The van der Waals surface area contributed by atoms with E-state index in [0.29, 0.717) is 58.8 Å². The van der Waals surface area contributed by atoms with E-state index in [9.17, 15) is 57.8 Å².